The molecule has 5 heteroatoms. The molecule has 1 aliphatic heterocycles. The molecule has 2 aromatic heterocycles. The van der Waals surface area contributed by atoms with E-state index in [-0.39, 0.29) is 0 Å². The van der Waals surface area contributed by atoms with Gasteiger partial charge in [0, 0.05) is 13.1 Å². The zero-order valence-electron chi connectivity index (χ0n) is 10.6. The van der Waals surface area contributed by atoms with Crippen LogP contribution in [0.2, 0.25) is 0 Å². The molecule has 0 radical (unpaired) electrons. The van der Waals surface area contributed by atoms with Crippen LogP contribution in [-0.2, 0) is 0 Å². The molecule has 3 heterocycles. The Balaban J connectivity index is 1.90. The van der Waals surface area contributed by atoms with Crippen molar-refractivity contribution in [2.75, 3.05) is 25.0 Å². The predicted octanol–water partition coefficient (Wildman–Crippen LogP) is 2.27. The first-order valence-electron chi connectivity index (χ1n) is 6.48. The van der Waals surface area contributed by atoms with E-state index in [9.17, 15) is 0 Å². The lowest BCUT2D eigenvalue weighted by Gasteiger charge is -2.28. The third kappa shape index (κ3) is 2.20. The maximum atomic E-state index is 4.49. The Morgan fingerprint density at radius 2 is 2.28 bits per heavy atom. The first-order chi connectivity index (χ1) is 8.86. The molecule has 3 rings (SSSR count). The first-order valence-corrected chi connectivity index (χ1v) is 7.36. The van der Waals surface area contributed by atoms with Crippen molar-refractivity contribution in [2.24, 2.45) is 0 Å². The molecule has 0 bridgehead atoms. The minimum Gasteiger partial charge on any atom is -0.356 e. The van der Waals surface area contributed by atoms with Crippen molar-refractivity contribution in [2.45, 2.75) is 25.3 Å². The largest absolute Gasteiger partial charge is 0.356 e. The zero-order valence-corrected chi connectivity index (χ0v) is 11.4. The van der Waals surface area contributed by atoms with Crippen LogP contribution >= 0.6 is 11.3 Å². The van der Waals surface area contributed by atoms with Crippen LogP contribution < -0.4 is 10.2 Å². The van der Waals surface area contributed by atoms with Crippen LogP contribution in [0.3, 0.4) is 0 Å². The van der Waals surface area contributed by atoms with Crippen molar-refractivity contribution in [3.05, 3.63) is 17.8 Å². The van der Waals surface area contributed by atoms with Crippen LogP contribution in [-0.4, -0.2) is 36.1 Å². The van der Waals surface area contributed by atoms with Gasteiger partial charge in [-0.1, -0.05) is 0 Å². The molecule has 1 saturated heterocycles. The van der Waals surface area contributed by atoms with Gasteiger partial charge in [0.1, 0.15) is 17.0 Å². The summed E-state index contributed by atoms with van der Waals surface area (Å²) in [6, 6.07) is 2.71. The Bertz CT molecular complexity index is 516. The number of nitrogens with zero attached hydrogens (tertiary/aromatic N) is 3. The molecular weight excluding hydrogens is 244 g/mol. The van der Waals surface area contributed by atoms with Crippen LogP contribution in [0.4, 0.5) is 5.82 Å². The minimum atomic E-state index is 0.581. The van der Waals surface area contributed by atoms with Gasteiger partial charge in [0.25, 0.3) is 0 Å². The quantitative estimate of drug-likeness (QED) is 0.901. The van der Waals surface area contributed by atoms with Crippen LogP contribution in [0.5, 0.6) is 0 Å². The molecule has 1 fully saturated rings. The maximum Gasteiger partial charge on any atom is 0.140 e. The van der Waals surface area contributed by atoms with Crippen molar-refractivity contribution in [1.82, 2.24) is 15.3 Å². The highest BCUT2D eigenvalue weighted by Gasteiger charge is 2.19. The molecule has 0 amide bonds. The fourth-order valence-electron chi connectivity index (χ4n) is 2.62. The highest BCUT2D eigenvalue weighted by molar-refractivity contribution is 7.16. The van der Waals surface area contributed by atoms with E-state index in [1.165, 1.54) is 24.6 Å². The molecule has 18 heavy (non-hydrogen) atoms. The fourth-order valence-corrected chi connectivity index (χ4v) is 3.35. The van der Waals surface area contributed by atoms with E-state index in [0.29, 0.717) is 6.04 Å². The Labute approximate surface area is 111 Å². The van der Waals surface area contributed by atoms with Gasteiger partial charge in [-0.15, -0.1) is 11.3 Å². The molecule has 1 aliphatic rings. The van der Waals surface area contributed by atoms with Gasteiger partial charge in [-0.2, -0.15) is 0 Å². The lowest BCUT2D eigenvalue weighted by atomic mass is 10.1. The standard InChI is InChI=1S/C13H18N4S/c1-17(10-3-2-6-14-7-4-10)12-11-5-8-18-13(11)16-9-15-12/h5,8-10,14H,2-4,6-7H2,1H3. The average molecular weight is 262 g/mol. The number of thiophene rings is 1. The summed E-state index contributed by atoms with van der Waals surface area (Å²) in [6.45, 7) is 2.24. The highest BCUT2D eigenvalue weighted by atomic mass is 32.1. The first kappa shape index (κ1) is 11.9. The number of rotatable bonds is 2. The summed E-state index contributed by atoms with van der Waals surface area (Å²) in [7, 11) is 2.16. The molecule has 0 saturated carbocycles. The Hall–Kier alpha value is -1.20. The third-order valence-corrected chi connectivity index (χ3v) is 4.49. The monoisotopic (exact) mass is 262 g/mol. The number of aromatic nitrogens is 2. The molecule has 1 N–H and O–H groups in total. The lowest BCUT2D eigenvalue weighted by Crippen LogP contribution is -2.33. The summed E-state index contributed by atoms with van der Waals surface area (Å²) in [6.07, 6.45) is 5.34. The van der Waals surface area contributed by atoms with E-state index in [1.54, 1.807) is 17.7 Å². The second-order valence-corrected chi connectivity index (χ2v) is 5.68. The van der Waals surface area contributed by atoms with Gasteiger partial charge >= 0.3 is 0 Å². The predicted molar refractivity (Wildman–Crippen MR) is 76.3 cm³/mol. The maximum absolute atomic E-state index is 4.49. The number of fused-ring (bicyclic) bond motifs is 1. The molecule has 96 valence electrons. The summed E-state index contributed by atoms with van der Waals surface area (Å²) in [5, 5.41) is 6.73. The van der Waals surface area contributed by atoms with Crippen LogP contribution in [0.15, 0.2) is 17.8 Å². The van der Waals surface area contributed by atoms with E-state index in [1.807, 2.05) is 0 Å². The Kier molecular flexibility index (Phi) is 3.43. The average Bonchev–Trinajstić information content (AvgIpc) is 2.71. The van der Waals surface area contributed by atoms with E-state index < -0.39 is 0 Å². The van der Waals surface area contributed by atoms with Gasteiger partial charge in [-0.05, 0) is 43.8 Å². The highest BCUT2D eigenvalue weighted by Crippen LogP contribution is 2.28. The zero-order chi connectivity index (χ0) is 12.4. The summed E-state index contributed by atoms with van der Waals surface area (Å²) in [4.78, 5) is 12.2. The molecule has 1 atom stereocenters. The van der Waals surface area contributed by atoms with Crippen LogP contribution in [0.25, 0.3) is 10.2 Å². The Morgan fingerprint density at radius 3 is 3.22 bits per heavy atom. The second kappa shape index (κ2) is 5.20. The van der Waals surface area contributed by atoms with E-state index in [4.69, 9.17) is 0 Å². The van der Waals surface area contributed by atoms with Crippen molar-refractivity contribution in [3.8, 4) is 0 Å². The van der Waals surface area contributed by atoms with Gasteiger partial charge < -0.3 is 10.2 Å². The molecule has 0 aromatic carbocycles. The van der Waals surface area contributed by atoms with Crippen molar-refractivity contribution < 1.29 is 0 Å². The summed E-state index contributed by atoms with van der Waals surface area (Å²) >= 11 is 1.68. The van der Waals surface area contributed by atoms with E-state index in [2.05, 4.69) is 38.7 Å². The lowest BCUT2D eigenvalue weighted by molar-refractivity contribution is 0.564. The van der Waals surface area contributed by atoms with Crippen molar-refractivity contribution >= 4 is 27.4 Å². The number of hydrogen-bond donors (Lipinski definition) is 1. The van der Waals surface area contributed by atoms with E-state index in [0.717, 1.165) is 23.7 Å². The van der Waals surface area contributed by atoms with Gasteiger partial charge in [-0.25, -0.2) is 9.97 Å². The van der Waals surface area contributed by atoms with Crippen molar-refractivity contribution in [1.29, 1.82) is 0 Å². The van der Waals surface area contributed by atoms with Gasteiger partial charge in [0.2, 0.25) is 0 Å². The van der Waals surface area contributed by atoms with Gasteiger partial charge in [0.05, 0.1) is 5.39 Å². The molecule has 0 spiro atoms. The third-order valence-electron chi connectivity index (χ3n) is 3.67. The minimum absolute atomic E-state index is 0.581. The SMILES string of the molecule is CN(c1ncnc2sccc12)C1CCCNCC1. The molecule has 2 aromatic rings. The topological polar surface area (TPSA) is 41.1 Å². The van der Waals surface area contributed by atoms with E-state index >= 15 is 0 Å². The summed E-state index contributed by atoms with van der Waals surface area (Å²) < 4.78 is 0. The number of anilines is 1. The van der Waals surface area contributed by atoms with Gasteiger partial charge in [-0.3, -0.25) is 0 Å². The van der Waals surface area contributed by atoms with Crippen LogP contribution in [0.1, 0.15) is 19.3 Å². The summed E-state index contributed by atoms with van der Waals surface area (Å²) in [5.41, 5.74) is 0. The number of nitrogens with one attached hydrogen (secondary N) is 1. The second-order valence-electron chi connectivity index (χ2n) is 4.78. The van der Waals surface area contributed by atoms with Crippen LogP contribution in [0, 0.1) is 0 Å². The summed E-state index contributed by atoms with van der Waals surface area (Å²) in [5.74, 6) is 1.08. The number of hydrogen-bond acceptors (Lipinski definition) is 5. The normalized spacial score (nSPS) is 20.8. The molecular formula is C13H18N4S. The molecule has 0 aliphatic carbocycles. The molecule has 1 unspecified atom stereocenters. The fraction of sp³-hybridized carbons (Fsp3) is 0.538. The smallest absolute Gasteiger partial charge is 0.140 e. The van der Waals surface area contributed by atoms with Gasteiger partial charge in [0.15, 0.2) is 0 Å². The van der Waals surface area contributed by atoms with Crippen molar-refractivity contribution in [3.63, 3.8) is 0 Å². The Morgan fingerprint density at radius 1 is 1.33 bits per heavy atom. The molecule has 4 nitrogen and oxygen atoms in total.